The number of pyridine rings is 1. The molecule has 0 spiro atoms. The van der Waals surface area contributed by atoms with Crippen molar-refractivity contribution in [3.05, 3.63) is 102 Å². The molecule has 1 N–H and O–H groups in total. The molecular weight excluding hydrogens is 503 g/mol. The number of nitrogens with zero attached hydrogens (tertiary/aromatic N) is 3. The van der Waals surface area contributed by atoms with Crippen LogP contribution < -0.4 is 4.72 Å². The molecule has 186 valence electrons. The third-order valence-electron chi connectivity index (χ3n) is 6.10. The van der Waals surface area contributed by atoms with E-state index in [1.54, 1.807) is 37.4 Å². The molecule has 1 aliphatic rings. The first-order valence-corrected chi connectivity index (χ1v) is 13.8. The number of rotatable bonds is 7. The van der Waals surface area contributed by atoms with Gasteiger partial charge in [0.1, 0.15) is 15.5 Å². The van der Waals surface area contributed by atoms with E-state index in [4.69, 9.17) is 5.26 Å². The highest BCUT2D eigenvalue weighted by molar-refractivity contribution is 7.93. The molecule has 0 bridgehead atoms. The molecule has 0 aliphatic heterocycles. The number of halogens is 1. The van der Waals surface area contributed by atoms with Crippen molar-refractivity contribution < 1.29 is 21.2 Å². The molecule has 11 heteroatoms. The summed E-state index contributed by atoms with van der Waals surface area (Å²) in [5.74, 6) is -1.07. The van der Waals surface area contributed by atoms with Gasteiger partial charge in [0.05, 0.1) is 17.3 Å². The zero-order chi connectivity index (χ0) is 26.1. The van der Waals surface area contributed by atoms with Gasteiger partial charge >= 0.3 is 0 Å². The fraction of sp³-hybridized carbons (Fsp3) is 0.200. The Hall–Kier alpha value is -3.75. The van der Waals surface area contributed by atoms with E-state index >= 15 is 0 Å². The molecule has 0 amide bonds. The van der Waals surface area contributed by atoms with Gasteiger partial charge in [0.2, 0.25) is 10.0 Å². The van der Waals surface area contributed by atoms with Crippen molar-refractivity contribution in [2.45, 2.75) is 35.8 Å². The quantitative estimate of drug-likeness (QED) is 0.489. The van der Waals surface area contributed by atoms with Gasteiger partial charge in [-0.3, -0.25) is 13.7 Å². The second kappa shape index (κ2) is 9.37. The molecule has 0 fully saturated rings. The summed E-state index contributed by atoms with van der Waals surface area (Å²) < 4.78 is 68.7. The van der Waals surface area contributed by atoms with E-state index in [9.17, 15) is 21.2 Å². The minimum Gasteiger partial charge on any atom is -0.277 e. The van der Waals surface area contributed by atoms with Crippen LogP contribution in [0.4, 0.5) is 10.1 Å². The van der Waals surface area contributed by atoms with Gasteiger partial charge in [0, 0.05) is 30.2 Å². The van der Waals surface area contributed by atoms with Crippen LogP contribution >= 0.6 is 0 Å². The van der Waals surface area contributed by atoms with Gasteiger partial charge in [-0.2, -0.15) is 5.26 Å². The summed E-state index contributed by atoms with van der Waals surface area (Å²) >= 11 is 0. The lowest BCUT2D eigenvalue weighted by Crippen LogP contribution is -2.38. The topological polar surface area (TPSA) is 122 Å². The van der Waals surface area contributed by atoms with E-state index in [-0.39, 0.29) is 28.5 Å². The zero-order valence-corrected chi connectivity index (χ0v) is 21.1. The number of hydrogen-bond donors (Lipinski definition) is 1. The number of aromatic nitrogens is 2. The highest BCUT2D eigenvalue weighted by Crippen LogP contribution is 2.36. The summed E-state index contributed by atoms with van der Waals surface area (Å²) in [4.78, 5) is 4.01. The van der Waals surface area contributed by atoms with Crippen LogP contribution in [0, 0.1) is 17.1 Å². The van der Waals surface area contributed by atoms with Crippen molar-refractivity contribution >= 4 is 25.7 Å². The van der Waals surface area contributed by atoms with Gasteiger partial charge < -0.3 is 0 Å². The van der Waals surface area contributed by atoms with E-state index in [2.05, 4.69) is 9.71 Å². The maximum Gasteiger partial charge on any atom is 0.263 e. The molecule has 0 saturated heterocycles. The predicted octanol–water partition coefficient (Wildman–Crippen LogP) is 4.32. The van der Waals surface area contributed by atoms with Crippen molar-refractivity contribution in [1.82, 2.24) is 8.96 Å². The maximum atomic E-state index is 14.2. The Kier molecular flexibility index (Phi) is 6.60. The SMILES string of the molecule is CC(C1=CC(C)(S(=O)(=O)n2ccc(S(=O)(=O)Nc3ccc(C#N)cc3F)c2)CC=C1)c1ccccn1. The Balaban J connectivity index is 1.63. The summed E-state index contributed by atoms with van der Waals surface area (Å²) in [7, 11) is -8.37. The molecule has 0 radical (unpaired) electrons. The molecule has 2 atom stereocenters. The minimum absolute atomic E-state index is 0.0345. The van der Waals surface area contributed by atoms with Crippen molar-refractivity contribution in [1.29, 1.82) is 5.26 Å². The Morgan fingerprint density at radius 1 is 1.19 bits per heavy atom. The molecule has 2 unspecified atom stereocenters. The smallest absolute Gasteiger partial charge is 0.263 e. The van der Waals surface area contributed by atoms with Crippen LogP contribution in [0.15, 0.2) is 89.8 Å². The van der Waals surface area contributed by atoms with Gasteiger partial charge in [-0.25, -0.2) is 21.2 Å². The lowest BCUT2D eigenvalue weighted by atomic mass is 9.88. The molecule has 8 nitrogen and oxygen atoms in total. The third kappa shape index (κ3) is 4.69. The lowest BCUT2D eigenvalue weighted by Gasteiger charge is -2.30. The molecule has 4 rings (SSSR count). The number of allylic oxidation sites excluding steroid dienone is 3. The van der Waals surface area contributed by atoms with Crippen LogP contribution in [0.1, 0.15) is 37.4 Å². The summed E-state index contributed by atoms with van der Waals surface area (Å²) in [5, 5.41) is 8.85. The fourth-order valence-corrected chi connectivity index (χ4v) is 6.60. The molecule has 0 saturated carbocycles. The van der Waals surface area contributed by atoms with Crippen LogP contribution in [-0.4, -0.2) is 30.5 Å². The number of nitriles is 1. The number of sulfonamides is 1. The fourth-order valence-electron chi connectivity index (χ4n) is 3.92. The van der Waals surface area contributed by atoms with Gasteiger partial charge in [0.25, 0.3) is 10.0 Å². The van der Waals surface area contributed by atoms with E-state index in [0.717, 1.165) is 45.8 Å². The number of anilines is 1. The number of benzene rings is 1. The molecule has 1 aromatic carbocycles. The second-order valence-corrected chi connectivity index (χ2v) is 12.6. The van der Waals surface area contributed by atoms with E-state index < -0.39 is 30.6 Å². The van der Waals surface area contributed by atoms with Gasteiger partial charge in [0.15, 0.2) is 0 Å². The third-order valence-corrected chi connectivity index (χ3v) is 9.69. The van der Waals surface area contributed by atoms with Crippen LogP contribution in [0.3, 0.4) is 0 Å². The Morgan fingerprint density at radius 3 is 2.64 bits per heavy atom. The van der Waals surface area contributed by atoms with Crippen LogP contribution in [0.25, 0.3) is 0 Å². The maximum absolute atomic E-state index is 14.2. The molecule has 1 aliphatic carbocycles. The van der Waals surface area contributed by atoms with E-state index in [1.807, 2.05) is 25.1 Å². The standard InChI is InChI=1S/C25H23FN4O4S2/c1-18(23-7-3-4-12-28-23)20-6-5-11-25(2,15-20)36(33,34)30-13-10-21(17-30)35(31,32)29-24-9-8-19(16-27)14-22(24)26/h3-10,12-15,17-18,29H,11H2,1-2H3. The number of nitrogens with one attached hydrogen (secondary N) is 1. The average molecular weight is 527 g/mol. The van der Waals surface area contributed by atoms with Crippen LogP contribution in [-0.2, 0) is 20.0 Å². The highest BCUT2D eigenvalue weighted by atomic mass is 32.2. The first-order chi connectivity index (χ1) is 17.0. The predicted molar refractivity (Wildman–Crippen MR) is 134 cm³/mol. The van der Waals surface area contributed by atoms with Gasteiger partial charge in [-0.05, 0) is 55.3 Å². The van der Waals surface area contributed by atoms with Crippen LogP contribution in [0.5, 0.6) is 0 Å². The van der Waals surface area contributed by atoms with Crippen molar-refractivity contribution in [3.8, 4) is 6.07 Å². The summed E-state index contributed by atoms with van der Waals surface area (Å²) in [6.07, 6.45) is 9.34. The monoisotopic (exact) mass is 526 g/mol. The largest absolute Gasteiger partial charge is 0.277 e. The van der Waals surface area contributed by atoms with Crippen molar-refractivity contribution in [2.24, 2.45) is 0 Å². The first-order valence-electron chi connectivity index (χ1n) is 10.9. The molecular formula is C25H23FN4O4S2. The Labute approximate surface area is 209 Å². The van der Waals surface area contributed by atoms with Crippen molar-refractivity contribution in [3.63, 3.8) is 0 Å². The molecule has 2 heterocycles. The number of hydrogen-bond acceptors (Lipinski definition) is 6. The highest BCUT2D eigenvalue weighted by Gasteiger charge is 2.40. The molecule has 2 aromatic heterocycles. The molecule has 36 heavy (non-hydrogen) atoms. The van der Waals surface area contributed by atoms with E-state index in [1.165, 1.54) is 6.07 Å². The average Bonchev–Trinajstić information content (AvgIpc) is 3.38. The second-order valence-electron chi connectivity index (χ2n) is 8.63. The summed E-state index contributed by atoms with van der Waals surface area (Å²) in [6.45, 7) is 3.51. The van der Waals surface area contributed by atoms with Crippen molar-refractivity contribution in [2.75, 3.05) is 4.72 Å². The molecule has 3 aromatic rings. The zero-order valence-electron chi connectivity index (χ0n) is 19.5. The normalized spacial score (nSPS) is 18.8. The minimum atomic E-state index is -4.30. The Morgan fingerprint density at radius 2 is 1.97 bits per heavy atom. The van der Waals surface area contributed by atoms with Crippen LogP contribution in [0.2, 0.25) is 0 Å². The summed E-state index contributed by atoms with van der Waals surface area (Å²) in [5.41, 5.74) is 1.26. The van der Waals surface area contributed by atoms with E-state index in [0.29, 0.717) is 0 Å². The van der Waals surface area contributed by atoms with Gasteiger partial charge in [-0.1, -0.05) is 31.2 Å². The lowest BCUT2D eigenvalue weighted by molar-refractivity contribution is 0.551. The Bertz CT molecular complexity index is 1620. The summed E-state index contributed by atoms with van der Waals surface area (Å²) in [6, 6.07) is 11.7. The van der Waals surface area contributed by atoms with Gasteiger partial charge in [-0.15, -0.1) is 0 Å². The first kappa shape index (κ1) is 25.3.